The molecule has 1 fully saturated rings. The number of methoxy groups -OCH3 is 3. The number of ether oxygens (including phenoxy) is 3. The Morgan fingerprint density at radius 1 is 1.09 bits per heavy atom. The fourth-order valence-corrected chi connectivity index (χ4v) is 3.43. The van der Waals surface area contributed by atoms with Gasteiger partial charge in [0.05, 0.1) is 24.8 Å². The van der Waals surface area contributed by atoms with E-state index in [-0.39, 0.29) is 17.7 Å². The van der Waals surface area contributed by atoms with Crippen molar-refractivity contribution in [1.29, 1.82) is 0 Å². The molecule has 1 aromatic carbocycles. The number of rotatable bonds is 7. The first-order chi connectivity index (χ1) is 10.5. The molecule has 0 aromatic heterocycles. The zero-order valence-corrected chi connectivity index (χ0v) is 14.8. The molecule has 1 N–H and O–H groups in total. The molecule has 4 nitrogen and oxygen atoms in total. The van der Waals surface area contributed by atoms with E-state index in [0.29, 0.717) is 10.8 Å². The van der Waals surface area contributed by atoms with Gasteiger partial charge in [-0.1, -0.05) is 11.6 Å². The van der Waals surface area contributed by atoms with Crippen LogP contribution in [0.25, 0.3) is 0 Å². The van der Waals surface area contributed by atoms with Gasteiger partial charge in [0.15, 0.2) is 0 Å². The lowest BCUT2D eigenvalue weighted by Gasteiger charge is -2.46. The Labute approximate surface area is 138 Å². The zero-order valence-electron chi connectivity index (χ0n) is 14.0. The van der Waals surface area contributed by atoms with Crippen molar-refractivity contribution < 1.29 is 14.2 Å². The SMILES string of the molecule is COc1cc(OC)c(C(C)NC(C)C2(OC)CCC2)cc1Cl. The molecule has 0 aliphatic heterocycles. The summed E-state index contributed by atoms with van der Waals surface area (Å²) in [6.07, 6.45) is 3.43. The second-order valence-corrected chi connectivity index (χ2v) is 6.37. The predicted molar refractivity (Wildman–Crippen MR) is 89.2 cm³/mol. The van der Waals surface area contributed by atoms with Crippen molar-refractivity contribution in [2.45, 2.75) is 50.8 Å². The van der Waals surface area contributed by atoms with E-state index < -0.39 is 0 Å². The second kappa shape index (κ2) is 7.07. The van der Waals surface area contributed by atoms with Gasteiger partial charge in [0.1, 0.15) is 11.5 Å². The average Bonchev–Trinajstić information content (AvgIpc) is 2.46. The third-order valence-electron chi connectivity index (χ3n) is 4.87. The lowest BCUT2D eigenvalue weighted by molar-refractivity contribution is -0.0959. The summed E-state index contributed by atoms with van der Waals surface area (Å²) >= 11 is 6.26. The van der Waals surface area contributed by atoms with Crippen molar-refractivity contribution in [3.05, 3.63) is 22.7 Å². The van der Waals surface area contributed by atoms with Crippen molar-refractivity contribution in [3.63, 3.8) is 0 Å². The molecular weight excluding hydrogens is 302 g/mol. The van der Waals surface area contributed by atoms with Crippen molar-refractivity contribution >= 4 is 11.6 Å². The van der Waals surface area contributed by atoms with Crippen LogP contribution in [0.5, 0.6) is 11.5 Å². The number of halogens is 1. The molecule has 0 radical (unpaired) electrons. The summed E-state index contributed by atoms with van der Waals surface area (Å²) in [5.41, 5.74) is 0.975. The van der Waals surface area contributed by atoms with Gasteiger partial charge in [-0.3, -0.25) is 0 Å². The van der Waals surface area contributed by atoms with Crippen LogP contribution in [0.4, 0.5) is 0 Å². The lowest BCUT2D eigenvalue weighted by Crippen LogP contribution is -2.55. The molecule has 1 aromatic rings. The predicted octanol–water partition coefficient (Wildman–Crippen LogP) is 3.97. The molecule has 1 aliphatic rings. The van der Waals surface area contributed by atoms with E-state index in [1.807, 2.05) is 12.1 Å². The number of hydrogen-bond donors (Lipinski definition) is 1. The zero-order chi connectivity index (χ0) is 16.3. The van der Waals surface area contributed by atoms with E-state index in [0.717, 1.165) is 24.2 Å². The van der Waals surface area contributed by atoms with Crippen LogP contribution in [0.1, 0.15) is 44.7 Å². The van der Waals surface area contributed by atoms with Gasteiger partial charge in [-0.2, -0.15) is 0 Å². The molecule has 22 heavy (non-hydrogen) atoms. The molecule has 2 atom stereocenters. The van der Waals surface area contributed by atoms with Crippen molar-refractivity contribution in [2.75, 3.05) is 21.3 Å². The third kappa shape index (κ3) is 3.19. The van der Waals surface area contributed by atoms with Crippen molar-refractivity contribution in [3.8, 4) is 11.5 Å². The van der Waals surface area contributed by atoms with Crippen LogP contribution in [-0.4, -0.2) is 33.0 Å². The highest BCUT2D eigenvalue weighted by molar-refractivity contribution is 6.32. The standard InChI is InChI=1S/C17H26ClNO3/c1-11(19-12(2)17(22-5)7-6-8-17)13-9-14(18)16(21-4)10-15(13)20-3/h9-12,19H,6-8H2,1-5H3. The van der Waals surface area contributed by atoms with E-state index in [2.05, 4.69) is 19.2 Å². The first-order valence-corrected chi connectivity index (χ1v) is 8.08. The summed E-state index contributed by atoms with van der Waals surface area (Å²) in [6, 6.07) is 4.09. The highest BCUT2D eigenvalue weighted by atomic mass is 35.5. The van der Waals surface area contributed by atoms with Gasteiger partial charge >= 0.3 is 0 Å². The number of benzene rings is 1. The number of hydrogen-bond acceptors (Lipinski definition) is 4. The normalized spacial score (nSPS) is 19.2. The molecule has 2 rings (SSSR count). The Hall–Kier alpha value is -0.970. The monoisotopic (exact) mass is 327 g/mol. The molecule has 0 heterocycles. The van der Waals surface area contributed by atoms with Crippen LogP contribution in [0.15, 0.2) is 12.1 Å². The van der Waals surface area contributed by atoms with Gasteiger partial charge in [-0.05, 0) is 39.2 Å². The Balaban J connectivity index is 2.18. The van der Waals surface area contributed by atoms with Crippen LogP contribution in [0.2, 0.25) is 5.02 Å². The van der Waals surface area contributed by atoms with Crippen molar-refractivity contribution in [2.24, 2.45) is 0 Å². The Kier molecular flexibility index (Phi) is 5.59. The van der Waals surface area contributed by atoms with Crippen LogP contribution in [-0.2, 0) is 4.74 Å². The minimum atomic E-state index is -0.0439. The van der Waals surface area contributed by atoms with Gasteiger partial charge in [0, 0.05) is 30.8 Å². The maximum absolute atomic E-state index is 6.26. The average molecular weight is 328 g/mol. The molecule has 1 aliphatic carbocycles. The quantitative estimate of drug-likeness (QED) is 0.822. The first kappa shape index (κ1) is 17.4. The molecule has 0 spiro atoms. The summed E-state index contributed by atoms with van der Waals surface area (Å²) in [7, 11) is 5.06. The summed E-state index contributed by atoms with van der Waals surface area (Å²) in [4.78, 5) is 0. The van der Waals surface area contributed by atoms with Crippen LogP contribution >= 0.6 is 11.6 Å². The van der Waals surface area contributed by atoms with E-state index in [1.165, 1.54) is 6.42 Å². The maximum atomic E-state index is 6.26. The van der Waals surface area contributed by atoms with Gasteiger partial charge in [0.2, 0.25) is 0 Å². The topological polar surface area (TPSA) is 39.7 Å². The van der Waals surface area contributed by atoms with E-state index in [9.17, 15) is 0 Å². The van der Waals surface area contributed by atoms with Gasteiger partial charge in [-0.25, -0.2) is 0 Å². The van der Waals surface area contributed by atoms with Crippen LogP contribution in [0.3, 0.4) is 0 Å². The highest BCUT2D eigenvalue weighted by Crippen LogP contribution is 2.40. The molecule has 0 bridgehead atoms. The molecule has 1 saturated carbocycles. The highest BCUT2D eigenvalue weighted by Gasteiger charge is 2.42. The molecule has 0 amide bonds. The molecule has 5 heteroatoms. The van der Waals surface area contributed by atoms with Crippen LogP contribution in [0, 0.1) is 0 Å². The maximum Gasteiger partial charge on any atom is 0.141 e. The molecule has 124 valence electrons. The lowest BCUT2D eigenvalue weighted by atomic mass is 9.74. The Bertz CT molecular complexity index is 511. The Morgan fingerprint density at radius 2 is 1.73 bits per heavy atom. The summed E-state index contributed by atoms with van der Waals surface area (Å²) in [6.45, 7) is 4.29. The second-order valence-electron chi connectivity index (χ2n) is 5.96. The van der Waals surface area contributed by atoms with Crippen molar-refractivity contribution in [1.82, 2.24) is 5.32 Å². The van der Waals surface area contributed by atoms with Crippen LogP contribution < -0.4 is 14.8 Å². The minimum Gasteiger partial charge on any atom is -0.496 e. The summed E-state index contributed by atoms with van der Waals surface area (Å²) < 4.78 is 16.5. The Morgan fingerprint density at radius 3 is 2.18 bits per heavy atom. The molecule has 2 unspecified atom stereocenters. The minimum absolute atomic E-state index is 0.0439. The van der Waals surface area contributed by atoms with E-state index >= 15 is 0 Å². The molecule has 0 saturated heterocycles. The fourth-order valence-electron chi connectivity index (χ4n) is 3.18. The molecular formula is C17H26ClNO3. The summed E-state index contributed by atoms with van der Waals surface area (Å²) in [5, 5.41) is 4.21. The van der Waals surface area contributed by atoms with E-state index in [4.69, 9.17) is 25.8 Å². The third-order valence-corrected chi connectivity index (χ3v) is 5.16. The van der Waals surface area contributed by atoms with Gasteiger partial charge in [-0.15, -0.1) is 0 Å². The van der Waals surface area contributed by atoms with Gasteiger partial charge < -0.3 is 19.5 Å². The number of nitrogens with one attached hydrogen (secondary N) is 1. The fraction of sp³-hybridized carbons (Fsp3) is 0.647. The largest absolute Gasteiger partial charge is 0.496 e. The van der Waals surface area contributed by atoms with Gasteiger partial charge in [0.25, 0.3) is 0 Å². The smallest absolute Gasteiger partial charge is 0.141 e. The summed E-state index contributed by atoms with van der Waals surface area (Å²) in [5.74, 6) is 1.39. The first-order valence-electron chi connectivity index (χ1n) is 7.70. The van der Waals surface area contributed by atoms with E-state index in [1.54, 1.807) is 21.3 Å².